The van der Waals surface area contributed by atoms with Crippen LogP contribution in [0.25, 0.3) is 10.2 Å². The summed E-state index contributed by atoms with van der Waals surface area (Å²) in [6.07, 6.45) is 8.33. The maximum atomic E-state index is 11.6. The minimum Gasteiger partial charge on any atom is -0.474 e. The van der Waals surface area contributed by atoms with Crippen LogP contribution in [0.5, 0.6) is 5.88 Å². The van der Waals surface area contributed by atoms with Crippen LogP contribution in [-0.2, 0) is 11.2 Å². The molecule has 8 heteroatoms. The van der Waals surface area contributed by atoms with E-state index >= 15 is 0 Å². The third-order valence-corrected chi connectivity index (χ3v) is 7.54. The summed E-state index contributed by atoms with van der Waals surface area (Å²) in [5, 5.41) is 10.3. The molecule has 154 valence electrons. The van der Waals surface area contributed by atoms with Crippen LogP contribution in [0.2, 0.25) is 0 Å². The number of thiophene rings is 1. The minimum atomic E-state index is -0.767. The zero-order valence-electron chi connectivity index (χ0n) is 16.9. The molecule has 0 spiro atoms. The molecule has 2 aliphatic carbocycles. The summed E-state index contributed by atoms with van der Waals surface area (Å²) in [4.78, 5) is 25.0. The van der Waals surface area contributed by atoms with E-state index in [0.29, 0.717) is 18.3 Å². The van der Waals surface area contributed by atoms with Crippen molar-refractivity contribution in [3.05, 3.63) is 16.8 Å². The highest BCUT2D eigenvalue weighted by Crippen LogP contribution is 2.48. The molecule has 0 aromatic carbocycles. The van der Waals surface area contributed by atoms with E-state index in [0.717, 1.165) is 48.7 Å². The van der Waals surface area contributed by atoms with Crippen molar-refractivity contribution in [1.29, 1.82) is 5.26 Å². The van der Waals surface area contributed by atoms with Crippen LogP contribution in [0.4, 0.5) is 0 Å². The SMILES string of the molecule is CN(C)C1CCC(Oc2ncnc3sc4c(c23)[C@@H](CC(C#N)C(N)=O)CC4)CC1. The standard InChI is InChI=1S/C21H27N5O2S/c1-26(2)14-4-6-15(7-5-14)28-20-18-17-12(9-13(10-22)19(23)27)3-8-16(17)29-21(18)25-11-24-20/h11-15H,3-9H2,1-2H3,(H2,23,27)/t12-,13?,14?,15?/m1/s1. The first kappa shape index (κ1) is 20.0. The maximum absolute atomic E-state index is 11.6. The van der Waals surface area contributed by atoms with Crippen LogP contribution in [0, 0.1) is 17.2 Å². The molecule has 7 nitrogen and oxygen atoms in total. The quantitative estimate of drug-likeness (QED) is 0.780. The lowest BCUT2D eigenvalue weighted by molar-refractivity contribution is -0.120. The number of fused-ring (bicyclic) bond motifs is 3. The number of aryl methyl sites for hydroxylation is 1. The van der Waals surface area contributed by atoms with Crippen molar-refractivity contribution in [3.8, 4) is 11.9 Å². The van der Waals surface area contributed by atoms with E-state index in [9.17, 15) is 10.1 Å². The highest BCUT2D eigenvalue weighted by atomic mass is 32.1. The van der Waals surface area contributed by atoms with Crippen molar-refractivity contribution in [2.24, 2.45) is 11.7 Å². The summed E-state index contributed by atoms with van der Waals surface area (Å²) >= 11 is 1.68. The Balaban J connectivity index is 1.59. The molecular weight excluding hydrogens is 386 g/mol. The number of carbonyl (C=O) groups is 1. The highest BCUT2D eigenvalue weighted by Gasteiger charge is 2.34. The van der Waals surface area contributed by atoms with Gasteiger partial charge in [0.2, 0.25) is 11.8 Å². The average molecular weight is 414 g/mol. The van der Waals surface area contributed by atoms with Crippen molar-refractivity contribution >= 4 is 27.5 Å². The molecule has 2 atom stereocenters. The number of hydrogen-bond acceptors (Lipinski definition) is 7. The van der Waals surface area contributed by atoms with Crippen LogP contribution in [-0.4, -0.2) is 47.0 Å². The largest absolute Gasteiger partial charge is 0.474 e. The molecule has 1 fully saturated rings. The molecule has 2 N–H and O–H groups in total. The predicted molar refractivity (Wildman–Crippen MR) is 112 cm³/mol. The molecule has 1 unspecified atom stereocenters. The third kappa shape index (κ3) is 3.94. The van der Waals surface area contributed by atoms with Gasteiger partial charge in [-0.1, -0.05) is 0 Å². The van der Waals surface area contributed by atoms with Gasteiger partial charge in [0.1, 0.15) is 23.2 Å². The molecule has 0 radical (unpaired) electrons. The van der Waals surface area contributed by atoms with Crippen molar-refractivity contribution in [1.82, 2.24) is 14.9 Å². The number of ether oxygens (including phenoxy) is 1. The molecule has 2 aliphatic rings. The van der Waals surface area contributed by atoms with Gasteiger partial charge in [-0.3, -0.25) is 4.79 Å². The summed E-state index contributed by atoms with van der Waals surface area (Å²) in [6.45, 7) is 0. The van der Waals surface area contributed by atoms with Crippen LogP contribution in [0.15, 0.2) is 6.33 Å². The van der Waals surface area contributed by atoms with Gasteiger partial charge in [-0.25, -0.2) is 9.97 Å². The number of primary amides is 1. The Hall–Kier alpha value is -2.24. The van der Waals surface area contributed by atoms with Gasteiger partial charge in [0.15, 0.2) is 0 Å². The van der Waals surface area contributed by atoms with Gasteiger partial charge in [-0.05, 0) is 70.5 Å². The molecule has 0 saturated heterocycles. The van der Waals surface area contributed by atoms with E-state index in [-0.39, 0.29) is 12.0 Å². The Kier molecular flexibility index (Phi) is 5.70. The number of hydrogen-bond donors (Lipinski definition) is 1. The minimum absolute atomic E-state index is 0.119. The van der Waals surface area contributed by atoms with Crippen LogP contribution >= 0.6 is 11.3 Å². The highest BCUT2D eigenvalue weighted by molar-refractivity contribution is 7.19. The van der Waals surface area contributed by atoms with E-state index in [1.54, 1.807) is 17.7 Å². The summed E-state index contributed by atoms with van der Waals surface area (Å²) in [5.41, 5.74) is 6.58. The lowest BCUT2D eigenvalue weighted by Gasteiger charge is -2.32. The first-order valence-corrected chi connectivity index (χ1v) is 11.1. The number of rotatable bonds is 6. The maximum Gasteiger partial charge on any atom is 0.234 e. The van der Waals surface area contributed by atoms with E-state index in [2.05, 4.69) is 35.0 Å². The fraction of sp³-hybridized carbons (Fsp3) is 0.619. The molecule has 0 aliphatic heterocycles. The van der Waals surface area contributed by atoms with E-state index < -0.39 is 11.8 Å². The van der Waals surface area contributed by atoms with Gasteiger partial charge >= 0.3 is 0 Å². The molecule has 29 heavy (non-hydrogen) atoms. The van der Waals surface area contributed by atoms with Crippen molar-refractivity contribution in [2.75, 3.05) is 14.1 Å². The third-order valence-electron chi connectivity index (χ3n) is 6.37. The Morgan fingerprint density at radius 1 is 1.34 bits per heavy atom. The van der Waals surface area contributed by atoms with Crippen molar-refractivity contribution < 1.29 is 9.53 Å². The number of aromatic nitrogens is 2. The van der Waals surface area contributed by atoms with Gasteiger partial charge in [-0.15, -0.1) is 11.3 Å². The first-order valence-electron chi connectivity index (χ1n) is 10.3. The second-order valence-electron chi connectivity index (χ2n) is 8.37. The topological polar surface area (TPSA) is 105 Å². The zero-order valence-corrected chi connectivity index (χ0v) is 17.7. The summed E-state index contributed by atoms with van der Waals surface area (Å²) in [5.74, 6) is -0.545. The number of nitriles is 1. The number of carbonyl (C=O) groups excluding carboxylic acids is 1. The normalized spacial score (nSPS) is 25.0. The lowest BCUT2D eigenvalue weighted by Crippen LogP contribution is -2.35. The monoisotopic (exact) mass is 413 g/mol. The van der Waals surface area contributed by atoms with E-state index in [4.69, 9.17) is 10.5 Å². The van der Waals surface area contributed by atoms with Crippen LogP contribution in [0.1, 0.15) is 54.9 Å². The fourth-order valence-electron chi connectivity index (χ4n) is 4.72. The van der Waals surface area contributed by atoms with Gasteiger partial charge < -0.3 is 15.4 Å². The Morgan fingerprint density at radius 3 is 2.76 bits per heavy atom. The van der Waals surface area contributed by atoms with Gasteiger partial charge in [0.25, 0.3) is 0 Å². The van der Waals surface area contributed by atoms with Crippen molar-refractivity contribution in [3.63, 3.8) is 0 Å². The van der Waals surface area contributed by atoms with E-state index in [1.807, 2.05) is 0 Å². The molecule has 0 bridgehead atoms. The van der Waals surface area contributed by atoms with Crippen LogP contribution < -0.4 is 10.5 Å². The molecule has 4 rings (SSSR count). The first-order chi connectivity index (χ1) is 14.0. The second-order valence-corrected chi connectivity index (χ2v) is 9.45. The summed E-state index contributed by atoms with van der Waals surface area (Å²) in [7, 11) is 4.27. The van der Waals surface area contributed by atoms with Gasteiger partial charge in [0, 0.05) is 10.9 Å². The van der Waals surface area contributed by atoms with Gasteiger partial charge in [0.05, 0.1) is 11.5 Å². The second kappa shape index (κ2) is 8.25. The number of nitrogens with zero attached hydrogens (tertiary/aromatic N) is 4. The molecule has 1 saturated carbocycles. The molecule has 2 aromatic rings. The molecule has 2 aromatic heterocycles. The summed E-state index contributed by atoms with van der Waals surface area (Å²) < 4.78 is 6.39. The van der Waals surface area contributed by atoms with Crippen LogP contribution in [0.3, 0.4) is 0 Å². The molecule has 2 heterocycles. The smallest absolute Gasteiger partial charge is 0.234 e. The summed E-state index contributed by atoms with van der Waals surface area (Å²) in [6, 6.07) is 2.67. The Bertz CT molecular complexity index is 942. The fourth-order valence-corrected chi connectivity index (χ4v) is 5.95. The average Bonchev–Trinajstić information content (AvgIpc) is 3.26. The van der Waals surface area contributed by atoms with Crippen molar-refractivity contribution in [2.45, 2.75) is 63.0 Å². The van der Waals surface area contributed by atoms with E-state index in [1.165, 1.54) is 10.4 Å². The molecule has 1 amide bonds. The zero-order chi connectivity index (χ0) is 20.5. The number of nitrogens with two attached hydrogens (primary N) is 1. The Labute approximate surface area is 174 Å². The number of amides is 1. The Morgan fingerprint density at radius 2 is 2.10 bits per heavy atom. The molecular formula is C21H27N5O2S. The lowest BCUT2D eigenvalue weighted by atomic mass is 9.90. The van der Waals surface area contributed by atoms with Gasteiger partial charge in [-0.2, -0.15) is 5.26 Å². The predicted octanol–water partition coefficient (Wildman–Crippen LogP) is 2.99.